The fourth-order valence-electron chi connectivity index (χ4n) is 4.11. The molecule has 0 N–H and O–H groups in total. The molecule has 0 saturated heterocycles. The van der Waals surface area contributed by atoms with Gasteiger partial charge in [-0.05, 0) is 58.7 Å². The fourth-order valence-corrected chi connectivity index (χ4v) is 5.04. The second-order valence-corrected chi connectivity index (χ2v) is 9.05. The highest BCUT2D eigenvalue weighted by molar-refractivity contribution is 7.07. The van der Waals surface area contributed by atoms with E-state index < -0.39 is 0 Å². The van der Waals surface area contributed by atoms with Gasteiger partial charge in [-0.2, -0.15) is 0 Å². The molecule has 0 unspecified atom stereocenters. The van der Waals surface area contributed by atoms with Gasteiger partial charge in [0.15, 0.2) is 16.3 Å². The Morgan fingerprint density at radius 3 is 2.29 bits per heavy atom. The normalized spacial score (nSPS) is 12.8. The molecule has 6 rings (SSSR count). The van der Waals surface area contributed by atoms with E-state index in [0.29, 0.717) is 12.2 Å². The molecule has 0 aliphatic carbocycles. The third-order valence-electron chi connectivity index (χ3n) is 5.91. The average Bonchev–Trinajstić information content (AvgIpc) is 3.53. The molecular formula is C29H21FN2O2S. The zero-order valence-electron chi connectivity index (χ0n) is 18.7. The van der Waals surface area contributed by atoms with Gasteiger partial charge in [-0.15, -0.1) is 11.3 Å². The van der Waals surface area contributed by atoms with Gasteiger partial charge in [-0.25, -0.2) is 9.38 Å². The molecular weight excluding hydrogens is 459 g/mol. The number of nitrogens with zero attached hydrogens (tertiary/aromatic N) is 2. The van der Waals surface area contributed by atoms with Crippen molar-refractivity contribution < 1.29 is 13.9 Å². The first kappa shape index (κ1) is 21.4. The van der Waals surface area contributed by atoms with Crippen LogP contribution in [0.4, 0.5) is 10.1 Å². The van der Waals surface area contributed by atoms with Gasteiger partial charge in [0.05, 0.1) is 17.9 Å². The number of halogens is 1. The van der Waals surface area contributed by atoms with E-state index in [2.05, 4.69) is 46.3 Å². The van der Waals surface area contributed by atoms with Gasteiger partial charge in [0, 0.05) is 5.38 Å². The fraction of sp³-hybridized carbons (Fsp3) is 0.0690. The summed E-state index contributed by atoms with van der Waals surface area (Å²) in [6.45, 7) is 0.852. The van der Waals surface area contributed by atoms with Crippen LogP contribution in [-0.2, 0) is 6.54 Å². The minimum Gasteiger partial charge on any atom is -0.454 e. The molecule has 1 aromatic heterocycles. The summed E-state index contributed by atoms with van der Waals surface area (Å²) in [6.07, 6.45) is 0. The summed E-state index contributed by atoms with van der Waals surface area (Å²) in [6, 6.07) is 31.1. The van der Waals surface area contributed by atoms with Crippen molar-refractivity contribution in [3.05, 3.63) is 119 Å². The SMILES string of the molecule is Fc1ccc(N=c2scc(-c3ccc(-c4ccccc4)cc3)n2Cc2ccc3c(c2)OCO3)cc1. The van der Waals surface area contributed by atoms with Crippen LogP contribution in [0.2, 0.25) is 0 Å². The number of hydrogen-bond donors (Lipinski definition) is 0. The molecule has 6 heteroatoms. The quantitative estimate of drug-likeness (QED) is 0.271. The lowest BCUT2D eigenvalue weighted by atomic mass is 10.0. The van der Waals surface area contributed by atoms with Crippen LogP contribution >= 0.6 is 11.3 Å². The maximum atomic E-state index is 13.4. The van der Waals surface area contributed by atoms with Gasteiger partial charge in [-0.1, -0.05) is 60.7 Å². The molecule has 4 aromatic carbocycles. The molecule has 0 fully saturated rings. The molecule has 0 amide bonds. The van der Waals surface area contributed by atoms with E-state index in [9.17, 15) is 4.39 Å². The molecule has 5 aromatic rings. The van der Waals surface area contributed by atoms with E-state index in [1.807, 2.05) is 36.4 Å². The summed E-state index contributed by atoms with van der Waals surface area (Å²) in [4.78, 5) is 5.65. The Kier molecular flexibility index (Phi) is 5.64. The molecule has 35 heavy (non-hydrogen) atoms. The standard InChI is InChI=1S/C29H21FN2O2S/c30-24-11-13-25(14-12-24)31-29-32(17-20-6-15-27-28(16-20)34-19-33-27)26(18-35-29)23-9-7-22(8-10-23)21-4-2-1-3-5-21/h1-16,18H,17,19H2. The lowest BCUT2D eigenvalue weighted by molar-refractivity contribution is 0.174. The van der Waals surface area contributed by atoms with E-state index in [4.69, 9.17) is 14.5 Å². The molecule has 0 bridgehead atoms. The number of ether oxygens (including phenoxy) is 2. The molecule has 4 nitrogen and oxygen atoms in total. The summed E-state index contributed by atoms with van der Waals surface area (Å²) in [5, 5.41) is 2.12. The van der Waals surface area contributed by atoms with Crippen molar-refractivity contribution in [2.75, 3.05) is 6.79 Å². The second kappa shape index (κ2) is 9.24. The van der Waals surface area contributed by atoms with Gasteiger partial charge < -0.3 is 14.0 Å². The van der Waals surface area contributed by atoms with Gasteiger partial charge in [0.1, 0.15) is 5.82 Å². The van der Waals surface area contributed by atoms with Crippen LogP contribution in [0.15, 0.2) is 107 Å². The molecule has 0 spiro atoms. The highest BCUT2D eigenvalue weighted by Crippen LogP contribution is 2.33. The lowest BCUT2D eigenvalue weighted by Crippen LogP contribution is -2.16. The van der Waals surface area contributed by atoms with Crippen LogP contribution < -0.4 is 14.3 Å². The van der Waals surface area contributed by atoms with E-state index in [0.717, 1.165) is 33.1 Å². The van der Waals surface area contributed by atoms with Gasteiger partial charge in [0.2, 0.25) is 6.79 Å². The Morgan fingerprint density at radius 1 is 0.771 bits per heavy atom. The molecule has 1 aliphatic heterocycles. The summed E-state index contributed by atoms with van der Waals surface area (Å²) < 4.78 is 26.6. The number of benzene rings is 4. The number of hydrogen-bond acceptors (Lipinski definition) is 4. The van der Waals surface area contributed by atoms with Crippen LogP contribution in [0.1, 0.15) is 5.56 Å². The molecule has 0 saturated carbocycles. The summed E-state index contributed by atoms with van der Waals surface area (Å²) in [5.41, 5.74) is 6.30. The Morgan fingerprint density at radius 2 is 1.49 bits per heavy atom. The molecule has 2 heterocycles. The third kappa shape index (κ3) is 4.48. The summed E-state index contributed by atoms with van der Waals surface area (Å²) >= 11 is 1.56. The first-order chi connectivity index (χ1) is 17.2. The first-order valence-corrected chi connectivity index (χ1v) is 12.1. The summed E-state index contributed by atoms with van der Waals surface area (Å²) in [5.74, 6) is 1.24. The van der Waals surface area contributed by atoms with Gasteiger partial charge >= 0.3 is 0 Å². The Bertz CT molecular complexity index is 1540. The van der Waals surface area contributed by atoms with Crippen LogP contribution in [0.5, 0.6) is 11.5 Å². The lowest BCUT2D eigenvalue weighted by Gasteiger charge is -2.11. The van der Waals surface area contributed by atoms with Crippen molar-refractivity contribution in [1.29, 1.82) is 0 Å². The van der Waals surface area contributed by atoms with Crippen LogP contribution in [-0.4, -0.2) is 11.4 Å². The maximum Gasteiger partial charge on any atom is 0.231 e. The van der Waals surface area contributed by atoms with Crippen molar-refractivity contribution >= 4 is 17.0 Å². The van der Waals surface area contributed by atoms with Gasteiger partial charge in [0.25, 0.3) is 0 Å². The third-order valence-corrected chi connectivity index (χ3v) is 6.78. The number of fused-ring (bicyclic) bond motifs is 1. The molecule has 0 atom stereocenters. The largest absolute Gasteiger partial charge is 0.454 e. The Labute approximate surface area is 206 Å². The Hall–Kier alpha value is -4.16. The van der Waals surface area contributed by atoms with Crippen molar-refractivity contribution in [3.8, 4) is 33.9 Å². The van der Waals surface area contributed by atoms with Crippen molar-refractivity contribution in [2.24, 2.45) is 4.99 Å². The Balaban J connectivity index is 1.42. The van der Waals surface area contributed by atoms with Crippen molar-refractivity contribution in [1.82, 2.24) is 4.57 Å². The molecule has 1 aliphatic rings. The highest BCUT2D eigenvalue weighted by Gasteiger charge is 2.15. The zero-order chi connectivity index (χ0) is 23.6. The number of thiazole rings is 1. The van der Waals surface area contributed by atoms with E-state index >= 15 is 0 Å². The van der Waals surface area contributed by atoms with Gasteiger partial charge in [-0.3, -0.25) is 0 Å². The topological polar surface area (TPSA) is 35.8 Å². The molecule has 0 radical (unpaired) electrons. The summed E-state index contributed by atoms with van der Waals surface area (Å²) in [7, 11) is 0. The average molecular weight is 481 g/mol. The van der Waals surface area contributed by atoms with Crippen LogP contribution in [0.25, 0.3) is 22.4 Å². The van der Waals surface area contributed by atoms with Crippen molar-refractivity contribution in [3.63, 3.8) is 0 Å². The number of rotatable bonds is 5. The first-order valence-electron chi connectivity index (χ1n) is 11.3. The minimum absolute atomic E-state index is 0.245. The zero-order valence-corrected chi connectivity index (χ0v) is 19.5. The van der Waals surface area contributed by atoms with E-state index in [1.54, 1.807) is 23.5 Å². The van der Waals surface area contributed by atoms with Crippen molar-refractivity contribution in [2.45, 2.75) is 6.54 Å². The predicted octanol–water partition coefficient (Wildman–Crippen LogP) is 7.03. The van der Waals surface area contributed by atoms with Crippen LogP contribution in [0, 0.1) is 5.82 Å². The van der Waals surface area contributed by atoms with E-state index in [1.165, 1.54) is 23.3 Å². The smallest absolute Gasteiger partial charge is 0.231 e. The second-order valence-electron chi connectivity index (χ2n) is 8.21. The predicted molar refractivity (Wildman–Crippen MR) is 136 cm³/mol. The van der Waals surface area contributed by atoms with Crippen LogP contribution in [0.3, 0.4) is 0 Å². The van der Waals surface area contributed by atoms with E-state index in [-0.39, 0.29) is 12.6 Å². The number of aromatic nitrogens is 1. The highest BCUT2D eigenvalue weighted by atomic mass is 32.1. The minimum atomic E-state index is -0.275. The molecule has 172 valence electrons. The monoisotopic (exact) mass is 480 g/mol. The maximum absolute atomic E-state index is 13.4.